The molecule has 0 spiro atoms. The lowest BCUT2D eigenvalue weighted by molar-refractivity contribution is 0.615. The number of benzene rings is 1. The van der Waals surface area contributed by atoms with E-state index in [1.165, 1.54) is 0 Å². The van der Waals surface area contributed by atoms with Gasteiger partial charge < -0.3 is 10.6 Å². The monoisotopic (exact) mass is 269 g/mol. The zero-order valence-electron chi connectivity index (χ0n) is 11.1. The Bertz CT molecular complexity index is 407. The van der Waals surface area contributed by atoms with Crippen LogP contribution < -0.4 is 10.6 Å². The van der Waals surface area contributed by atoms with Crippen LogP contribution >= 0.6 is 11.8 Å². The largest absolute Gasteiger partial charge is 0.356 e. The Hall–Kier alpha value is -1.23. The molecule has 100 valence electrons. The minimum Gasteiger partial charge on any atom is -0.356 e. The molecule has 0 atom stereocenters. The molecular weight excluding hydrogens is 249 g/mol. The van der Waals surface area contributed by atoms with Gasteiger partial charge in [-0.05, 0) is 30.4 Å². The molecule has 0 aromatic heterocycles. The van der Waals surface area contributed by atoms with E-state index in [1.54, 1.807) is 37.9 Å². The van der Waals surface area contributed by atoms with Crippen LogP contribution in [0.15, 0.2) is 23.2 Å². The summed E-state index contributed by atoms with van der Waals surface area (Å²) >= 11 is 1.78. The van der Waals surface area contributed by atoms with Crippen molar-refractivity contribution in [2.45, 2.75) is 13.5 Å². The van der Waals surface area contributed by atoms with Gasteiger partial charge in [0.05, 0.1) is 0 Å². The molecule has 0 aliphatic rings. The van der Waals surface area contributed by atoms with Crippen LogP contribution in [-0.2, 0) is 6.54 Å². The Labute approximate surface area is 112 Å². The highest BCUT2D eigenvalue weighted by atomic mass is 32.2. The smallest absolute Gasteiger partial charge is 0.191 e. The summed E-state index contributed by atoms with van der Waals surface area (Å²) in [6, 6.07) is 5.26. The number of nitrogens with zero attached hydrogens (tertiary/aromatic N) is 1. The molecule has 0 aliphatic carbocycles. The number of rotatable bonds is 5. The minimum absolute atomic E-state index is 0.167. The van der Waals surface area contributed by atoms with Gasteiger partial charge in [-0.2, -0.15) is 11.8 Å². The van der Waals surface area contributed by atoms with Crippen molar-refractivity contribution in [2.24, 2.45) is 4.99 Å². The molecule has 0 amide bonds. The molecule has 0 aliphatic heterocycles. The standard InChI is InChI=1S/C13H20FN3S/c1-10-4-5-11(8-12(10)14)9-17-13(15-2)16-6-7-18-3/h4-5,8H,6-7,9H2,1-3H3,(H2,15,16,17). The van der Waals surface area contributed by atoms with Crippen molar-refractivity contribution < 1.29 is 4.39 Å². The second-order valence-corrected chi connectivity index (χ2v) is 4.91. The second-order valence-electron chi connectivity index (χ2n) is 3.93. The summed E-state index contributed by atoms with van der Waals surface area (Å²) in [5.74, 6) is 1.60. The Morgan fingerprint density at radius 3 is 2.78 bits per heavy atom. The molecule has 0 unspecified atom stereocenters. The van der Waals surface area contributed by atoms with Gasteiger partial charge in [-0.25, -0.2) is 4.39 Å². The SMILES string of the molecule is CN=C(NCCSC)NCc1ccc(C)c(F)c1. The quantitative estimate of drug-likeness (QED) is 0.488. The van der Waals surface area contributed by atoms with Gasteiger partial charge in [0.15, 0.2) is 5.96 Å². The first-order valence-corrected chi connectivity index (χ1v) is 7.25. The highest BCUT2D eigenvalue weighted by Crippen LogP contribution is 2.08. The lowest BCUT2D eigenvalue weighted by Crippen LogP contribution is -2.37. The maximum absolute atomic E-state index is 13.4. The van der Waals surface area contributed by atoms with Gasteiger partial charge in [0.25, 0.3) is 0 Å². The third-order valence-electron chi connectivity index (χ3n) is 2.52. The lowest BCUT2D eigenvalue weighted by Gasteiger charge is -2.11. The van der Waals surface area contributed by atoms with Crippen LogP contribution in [0, 0.1) is 12.7 Å². The van der Waals surface area contributed by atoms with E-state index < -0.39 is 0 Å². The highest BCUT2D eigenvalue weighted by Gasteiger charge is 2.01. The van der Waals surface area contributed by atoms with Crippen LogP contribution in [0.1, 0.15) is 11.1 Å². The van der Waals surface area contributed by atoms with Crippen molar-refractivity contribution in [1.82, 2.24) is 10.6 Å². The van der Waals surface area contributed by atoms with Crippen molar-refractivity contribution in [1.29, 1.82) is 0 Å². The zero-order valence-corrected chi connectivity index (χ0v) is 11.9. The van der Waals surface area contributed by atoms with E-state index in [1.807, 2.05) is 6.07 Å². The summed E-state index contributed by atoms with van der Waals surface area (Å²) in [6.07, 6.45) is 2.06. The van der Waals surface area contributed by atoms with E-state index >= 15 is 0 Å². The van der Waals surface area contributed by atoms with E-state index in [0.29, 0.717) is 12.1 Å². The average Bonchev–Trinajstić information content (AvgIpc) is 2.37. The summed E-state index contributed by atoms with van der Waals surface area (Å²) in [7, 11) is 1.73. The second kappa shape index (κ2) is 7.97. The normalized spacial score (nSPS) is 11.4. The lowest BCUT2D eigenvalue weighted by atomic mass is 10.1. The van der Waals surface area contributed by atoms with Crippen molar-refractivity contribution in [3.8, 4) is 0 Å². The topological polar surface area (TPSA) is 36.4 Å². The van der Waals surface area contributed by atoms with Crippen LogP contribution in [0.25, 0.3) is 0 Å². The Balaban J connectivity index is 2.45. The number of aryl methyl sites for hydroxylation is 1. The van der Waals surface area contributed by atoms with Gasteiger partial charge in [-0.3, -0.25) is 4.99 Å². The highest BCUT2D eigenvalue weighted by molar-refractivity contribution is 7.98. The van der Waals surface area contributed by atoms with Gasteiger partial charge in [0, 0.05) is 25.9 Å². The molecule has 0 heterocycles. The summed E-state index contributed by atoms with van der Waals surface area (Å²) in [5.41, 5.74) is 1.58. The fraction of sp³-hybridized carbons (Fsp3) is 0.462. The molecular formula is C13H20FN3S. The van der Waals surface area contributed by atoms with Gasteiger partial charge in [0.2, 0.25) is 0 Å². The number of nitrogens with one attached hydrogen (secondary N) is 2. The van der Waals surface area contributed by atoms with Crippen molar-refractivity contribution in [3.63, 3.8) is 0 Å². The molecule has 0 radical (unpaired) electrons. The molecule has 1 aromatic rings. The van der Waals surface area contributed by atoms with Crippen LogP contribution in [0.2, 0.25) is 0 Å². The maximum Gasteiger partial charge on any atom is 0.191 e. The number of thioether (sulfide) groups is 1. The molecule has 5 heteroatoms. The first-order valence-electron chi connectivity index (χ1n) is 5.86. The van der Waals surface area contributed by atoms with E-state index in [2.05, 4.69) is 21.9 Å². The van der Waals surface area contributed by atoms with Crippen LogP contribution in [0.5, 0.6) is 0 Å². The summed E-state index contributed by atoms with van der Waals surface area (Å²) < 4.78 is 13.4. The molecule has 1 rings (SSSR count). The van der Waals surface area contributed by atoms with Crippen LogP contribution in [0.4, 0.5) is 4.39 Å². The molecule has 18 heavy (non-hydrogen) atoms. The molecule has 0 saturated carbocycles. The summed E-state index contributed by atoms with van der Waals surface area (Å²) in [6.45, 7) is 3.19. The number of aliphatic imine (C=N–C) groups is 1. The van der Waals surface area contributed by atoms with E-state index in [4.69, 9.17) is 0 Å². The fourth-order valence-electron chi connectivity index (χ4n) is 1.42. The number of hydrogen-bond donors (Lipinski definition) is 2. The zero-order chi connectivity index (χ0) is 13.4. The summed E-state index contributed by atoms with van der Waals surface area (Å²) in [5, 5.41) is 6.35. The summed E-state index contributed by atoms with van der Waals surface area (Å²) in [4.78, 5) is 4.11. The Kier molecular flexibility index (Phi) is 6.57. The van der Waals surface area contributed by atoms with Crippen molar-refractivity contribution >= 4 is 17.7 Å². The van der Waals surface area contributed by atoms with Crippen molar-refractivity contribution in [2.75, 3.05) is 25.6 Å². The van der Waals surface area contributed by atoms with E-state index in [-0.39, 0.29) is 5.82 Å². The van der Waals surface area contributed by atoms with Crippen LogP contribution in [-0.4, -0.2) is 31.6 Å². The first kappa shape index (κ1) is 14.8. The van der Waals surface area contributed by atoms with Crippen LogP contribution in [0.3, 0.4) is 0 Å². The van der Waals surface area contributed by atoms with Gasteiger partial charge >= 0.3 is 0 Å². The van der Waals surface area contributed by atoms with Gasteiger partial charge in [0.1, 0.15) is 5.82 Å². The first-order chi connectivity index (χ1) is 8.67. The number of guanidine groups is 1. The van der Waals surface area contributed by atoms with Crippen molar-refractivity contribution in [3.05, 3.63) is 35.1 Å². The number of halogens is 1. The maximum atomic E-state index is 13.4. The fourth-order valence-corrected chi connectivity index (χ4v) is 1.73. The van der Waals surface area contributed by atoms with E-state index in [9.17, 15) is 4.39 Å². The Morgan fingerprint density at radius 1 is 1.39 bits per heavy atom. The van der Waals surface area contributed by atoms with E-state index in [0.717, 1.165) is 23.8 Å². The average molecular weight is 269 g/mol. The molecule has 0 bridgehead atoms. The minimum atomic E-state index is -0.167. The predicted molar refractivity (Wildman–Crippen MR) is 77.7 cm³/mol. The molecule has 0 saturated heterocycles. The molecule has 3 nitrogen and oxygen atoms in total. The molecule has 2 N–H and O–H groups in total. The number of hydrogen-bond acceptors (Lipinski definition) is 2. The molecule has 0 fully saturated rings. The third-order valence-corrected chi connectivity index (χ3v) is 3.13. The van der Waals surface area contributed by atoms with Gasteiger partial charge in [-0.15, -0.1) is 0 Å². The predicted octanol–water partition coefficient (Wildman–Crippen LogP) is 2.16. The van der Waals surface area contributed by atoms with Gasteiger partial charge in [-0.1, -0.05) is 12.1 Å². The molecule has 1 aromatic carbocycles. The third kappa shape index (κ3) is 4.96. The Morgan fingerprint density at radius 2 is 2.17 bits per heavy atom.